The number of aryl methyl sites for hydroxylation is 1. The predicted molar refractivity (Wildman–Crippen MR) is 88.4 cm³/mol. The Morgan fingerprint density at radius 3 is 2.70 bits per heavy atom. The van der Waals surface area contributed by atoms with Crippen LogP contribution in [0.15, 0.2) is 42.5 Å². The molecule has 1 unspecified atom stereocenters. The summed E-state index contributed by atoms with van der Waals surface area (Å²) in [4.78, 5) is 27.2. The minimum atomic E-state index is -0.302. The van der Waals surface area contributed by atoms with Crippen LogP contribution in [-0.4, -0.2) is 23.1 Å². The van der Waals surface area contributed by atoms with Gasteiger partial charge in [-0.2, -0.15) is 0 Å². The minimum Gasteiger partial charge on any atom is -0.337 e. The van der Waals surface area contributed by atoms with E-state index in [-0.39, 0.29) is 17.6 Å². The number of rotatable bonds is 1. The van der Waals surface area contributed by atoms with Crippen molar-refractivity contribution in [2.75, 3.05) is 6.54 Å². The fourth-order valence-corrected chi connectivity index (χ4v) is 3.90. The van der Waals surface area contributed by atoms with Crippen LogP contribution in [0.2, 0.25) is 0 Å². The summed E-state index contributed by atoms with van der Waals surface area (Å²) in [7, 11) is 0. The molecular weight excluding hydrogens is 286 g/mol. The third-order valence-electron chi connectivity index (χ3n) is 5.10. The molecule has 0 saturated carbocycles. The van der Waals surface area contributed by atoms with Crippen molar-refractivity contribution < 1.29 is 9.59 Å². The summed E-state index contributed by atoms with van der Waals surface area (Å²) in [6, 6.07) is 14.0. The van der Waals surface area contributed by atoms with Crippen molar-refractivity contribution in [3.63, 3.8) is 0 Å². The van der Waals surface area contributed by atoms with Crippen LogP contribution in [0.3, 0.4) is 0 Å². The van der Waals surface area contributed by atoms with Crippen LogP contribution in [0, 0.1) is 6.92 Å². The molecule has 1 aliphatic carbocycles. The Bertz CT molecular complexity index is 809. The van der Waals surface area contributed by atoms with Gasteiger partial charge in [0.1, 0.15) is 0 Å². The van der Waals surface area contributed by atoms with Gasteiger partial charge >= 0.3 is 0 Å². The molecule has 0 bridgehead atoms. The number of ketones is 1. The number of nitrogens with zero attached hydrogens (tertiary/aromatic N) is 1. The van der Waals surface area contributed by atoms with Crippen LogP contribution < -0.4 is 0 Å². The molecule has 0 spiro atoms. The van der Waals surface area contributed by atoms with E-state index in [9.17, 15) is 9.59 Å². The van der Waals surface area contributed by atoms with E-state index in [1.54, 1.807) is 0 Å². The van der Waals surface area contributed by atoms with E-state index < -0.39 is 0 Å². The number of benzene rings is 2. The highest BCUT2D eigenvalue weighted by Gasteiger charge is 2.38. The average Bonchev–Trinajstić information content (AvgIpc) is 2.92. The number of Topliss-reactive ketones (excluding diaryl/α,β-unsaturated/α-hetero) is 1. The van der Waals surface area contributed by atoms with E-state index in [4.69, 9.17) is 0 Å². The molecular formula is C20H19NO2. The van der Waals surface area contributed by atoms with Gasteiger partial charge in [0, 0.05) is 25.1 Å². The Hall–Kier alpha value is -2.42. The van der Waals surface area contributed by atoms with Gasteiger partial charge in [0.25, 0.3) is 0 Å². The number of hydrogen-bond acceptors (Lipinski definition) is 2. The van der Waals surface area contributed by atoms with Crippen molar-refractivity contribution in [2.24, 2.45) is 0 Å². The first-order valence-corrected chi connectivity index (χ1v) is 8.13. The molecule has 4 rings (SSSR count). The first kappa shape index (κ1) is 14.2. The van der Waals surface area contributed by atoms with Crippen LogP contribution in [0.5, 0.6) is 0 Å². The highest BCUT2D eigenvalue weighted by atomic mass is 16.2. The second kappa shape index (κ2) is 5.34. The molecule has 0 aromatic heterocycles. The standard InChI is InChI=1S/C20H19NO2/c1-13-5-4-8-16-18(22)11-17(19(13)16)20(23)21-10-9-14-6-2-3-7-15(14)12-21/h2-8,17H,9-12H2,1H3. The first-order valence-electron chi connectivity index (χ1n) is 8.13. The highest BCUT2D eigenvalue weighted by molar-refractivity contribution is 6.07. The average molecular weight is 305 g/mol. The summed E-state index contributed by atoms with van der Waals surface area (Å²) in [5, 5.41) is 0. The third kappa shape index (κ3) is 2.27. The molecule has 2 aromatic rings. The molecule has 0 fully saturated rings. The number of carbonyl (C=O) groups excluding carboxylic acids is 2. The molecule has 2 aromatic carbocycles. The van der Waals surface area contributed by atoms with Crippen LogP contribution in [0.25, 0.3) is 0 Å². The highest BCUT2D eigenvalue weighted by Crippen LogP contribution is 2.37. The Labute approximate surface area is 135 Å². The SMILES string of the molecule is Cc1cccc2c1C(C(=O)N1CCc3ccccc3C1)CC2=O. The van der Waals surface area contributed by atoms with Gasteiger partial charge in [0.2, 0.25) is 5.91 Å². The van der Waals surface area contributed by atoms with Crippen molar-refractivity contribution in [1.29, 1.82) is 0 Å². The van der Waals surface area contributed by atoms with E-state index in [2.05, 4.69) is 12.1 Å². The van der Waals surface area contributed by atoms with Crippen molar-refractivity contribution in [3.05, 3.63) is 70.3 Å². The lowest BCUT2D eigenvalue weighted by molar-refractivity contribution is -0.133. The van der Waals surface area contributed by atoms with Gasteiger partial charge in [-0.25, -0.2) is 0 Å². The maximum atomic E-state index is 13.0. The lowest BCUT2D eigenvalue weighted by atomic mass is 9.93. The summed E-state index contributed by atoms with van der Waals surface area (Å²) < 4.78 is 0. The fraction of sp³-hybridized carbons (Fsp3) is 0.300. The zero-order valence-corrected chi connectivity index (χ0v) is 13.2. The summed E-state index contributed by atoms with van der Waals surface area (Å²) in [6.45, 7) is 3.38. The molecule has 1 amide bonds. The Morgan fingerprint density at radius 1 is 1.09 bits per heavy atom. The lowest BCUT2D eigenvalue weighted by Crippen LogP contribution is -2.38. The molecule has 2 aliphatic rings. The number of amides is 1. The van der Waals surface area contributed by atoms with Crippen molar-refractivity contribution in [2.45, 2.75) is 32.2 Å². The van der Waals surface area contributed by atoms with Gasteiger partial charge in [-0.05, 0) is 35.6 Å². The Kier molecular flexibility index (Phi) is 3.29. The zero-order chi connectivity index (χ0) is 16.0. The second-order valence-electron chi connectivity index (χ2n) is 6.49. The van der Waals surface area contributed by atoms with Gasteiger partial charge in [0.15, 0.2) is 5.78 Å². The summed E-state index contributed by atoms with van der Waals surface area (Å²) >= 11 is 0. The van der Waals surface area contributed by atoms with Gasteiger partial charge in [0.05, 0.1) is 5.92 Å². The molecule has 0 saturated heterocycles. The third-order valence-corrected chi connectivity index (χ3v) is 5.10. The van der Waals surface area contributed by atoms with E-state index in [1.807, 2.05) is 42.2 Å². The summed E-state index contributed by atoms with van der Waals surface area (Å²) in [5.74, 6) is -0.107. The van der Waals surface area contributed by atoms with Gasteiger partial charge < -0.3 is 4.90 Å². The molecule has 1 aliphatic heterocycles. The quantitative estimate of drug-likeness (QED) is 0.811. The lowest BCUT2D eigenvalue weighted by Gasteiger charge is -2.31. The van der Waals surface area contributed by atoms with Crippen molar-refractivity contribution >= 4 is 11.7 Å². The molecule has 0 N–H and O–H groups in total. The maximum Gasteiger partial charge on any atom is 0.230 e. The van der Waals surface area contributed by atoms with Crippen LogP contribution in [0.4, 0.5) is 0 Å². The normalized spacial score (nSPS) is 19.4. The van der Waals surface area contributed by atoms with E-state index in [0.29, 0.717) is 13.0 Å². The Morgan fingerprint density at radius 2 is 1.87 bits per heavy atom. The minimum absolute atomic E-state index is 0.0967. The number of carbonyl (C=O) groups is 2. The zero-order valence-electron chi connectivity index (χ0n) is 13.2. The summed E-state index contributed by atoms with van der Waals surface area (Å²) in [5.41, 5.74) is 5.28. The van der Waals surface area contributed by atoms with E-state index in [0.717, 1.165) is 29.7 Å². The first-order chi connectivity index (χ1) is 11.1. The predicted octanol–water partition coefficient (Wildman–Crippen LogP) is 3.25. The number of fused-ring (bicyclic) bond motifs is 2. The van der Waals surface area contributed by atoms with Gasteiger partial charge in [-0.1, -0.05) is 42.5 Å². The van der Waals surface area contributed by atoms with Crippen LogP contribution >= 0.6 is 0 Å². The molecule has 3 nitrogen and oxygen atoms in total. The molecule has 1 atom stereocenters. The van der Waals surface area contributed by atoms with Crippen LogP contribution in [0.1, 0.15) is 45.0 Å². The monoisotopic (exact) mass is 305 g/mol. The second-order valence-corrected chi connectivity index (χ2v) is 6.49. The van der Waals surface area contributed by atoms with Gasteiger partial charge in [-0.3, -0.25) is 9.59 Å². The van der Waals surface area contributed by atoms with Crippen LogP contribution in [-0.2, 0) is 17.8 Å². The topological polar surface area (TPSA) is 37.4 Å². The van der Waals surface area contributed by atoms with Crippen molar-refractivity contribution in [3.8, 4) is 0 Å². The molecule has 3 heteroatoms. The number of hydrogen-bond donors (Lipinski definition) is 0. The van der Waals surface area contributed by atoms with E-state index in [1.165, 1.54) is 11.1 Å². The van der Waals surface area contributed by atoms with E-state index >= 15 is 0 Å². The molecule has 0 radical (unpaired) electrons. The molecule has 1 heterocycles. The smallest absolute Gasteiger partial charge is 0.230 e. The van der Waals surface area contributed by atoms with Crippen molar-refractivity contribution in [1.82, 2.24) is 4.90 Å². The molecule has 116 valence electrons. The molecule has 23 heavy (non-hydrogen) atoms. The van der Waals surface area contributed by atoms with Gasteiger partial charge in [-0.15, -0.1) is 0 Å². The summed E-state index contributed by atoms with van der Waals surface area (Å²) in [6.07, 6.45) is 1.21. The largest absolute Gasteiger partial charge is 0.337 e. The fourth-order valence-electron chi connectivity index (χ4n) is 3.90. The maximum absolute atomic E-state index is 13.0. The Balaban J connectivity index is 1.64.